The molecule has 0 amide bonds. The smallest absolute Gasteiger partial charge is 0.131 e. The maximum atomic E-state index is 14.3. The van der Waals surface area contributed by atoms with Crippen molar-refractivity contribution in [3.63, 3.8) is 0 Å². The summed E-state index contributed by atoms with van der Waals surface area (Å²) in [4.78, 5) is 5.60. The lowest BCUT2D eigenvalue weighted by atomic mass is 9.72. The largest absolute Gasteiger partial charge is 0.376 e. The van der Waals surface area contributed by atoms with Crippen LogP contribution in [0, 0.1) is 23.5 Å². The van der Waals surface area contributed by atoms with Gasteiger partial charge in [-0.15, -0.1) is 0 Å². The minimum absolute atomic E-state index is 0.0143. The monoisotopic (exact) mass is 295 g/mol. The molecule has 0 radical (unpaired) electrons. The van der Waals surface area contributed by atoms with E-state index in [2.05, 4.69) is 5.48 Å². The van der Waals surface area contributed by atoms with Crippen molar-refractivity contribution >= 4 is 0 Å². The fourth-order valence-electron chi connectivity index (χ4n) is 3.82. The summed E-state index contributed by atoms with van der Waals surface area (Å²) in [5, 5.41) is 0. The molecule has 1 saturated carbocycles. The molecule has 3 fully saturated rings. The van der Waals surface area contributed by atoms with Crippen LogP contribution in [-0.2, 0) is 15.1 Å². The molecule has 1 aromatic carbocycles. The SMILES string of the molecule is C[C@@H]1ON[C@@]2(c3ccc(F)cc3F)CO[C@@H](C3CC3)C[C@@H]12. The number of hydroxylamine groups is 1. The molecule has 0 aromatic heterocycles. The zero-order chi connectivity index (χ0) is 14.6. The predicted octanol–water partition coefficient (Wildman–Crippen LogP) is 2.90. The second-order valence-electron chi connectivity index (χ2n) is 6.55. The Morgan fingerprint density at radius 2 is 2.10 bits per heavy atom. The number of fused-ring (bicyclic) bond motifs is 1. The molecule has 3 aliphatic rings. The zero-order valence-electron chi connectivity index (χ0n) is 11.9. The summed E-state index contributed by atoms with van der Waals surface area (Å²) in [6.07, 6.45) is 3.53. The maximum Gasteiger partial charge on any atom is 0.131 e. The lowest BCUT2D eigenvalue weighted by Crippen LogP contribution is -2.52. The van der Waals surface area contributed by atoms with Crippen molar-refractivity contribution in [3.05, 3.63) is 35.4 Å². The first kappa shape index (κ1) is 13.6. The summed E-state index contributed by atoms with van der Waals surface area (Å²) >= 11 is 0. The van der Waals surface area contributed by atoms with Crippen LogP contribution in [0.1, 0.15) is 31.7 Å². The third-order valence-electron chi connectivity index (χ3n) is 5.20. The summed E-state index contributed by atoms with van der Waals surface area (Å²) in [7, 11) is 0. The molecule has 1 aromatic rings. The predicted molar refractivity (Wildman–Crippen MR) is 72.3 cm³/mol. The number of ether oxygens (including phenoxy) is 1. The molecule has 114 valence electrons. The highest BCUT2D eigenvalue weighted by molar-refractivity contribution is 5.30. The molecule has 4 atom stereocenters. The van der Waals surface area contributed by atoms with Crippen LogP contribution >= 0.6 is 0 Å². The summed E-state index contributed by atoms with van der Waals surface area (Å²) < 4.78 is 33.5. The van der Waals surface area contributed by atoms with E-state index in [0.29, 0.717) is 18.1 Å². The number of benzene rings is 1. The Balaban J connectivity index is 1.70. The average molecular weight is 295 g/mol. The van der Waals surface area contributed by atoms with Crippen molar-refractivity contribution in [2.24, 2.45) is 11.8 Å². The fourth-order valence-corrected chi connectivity index (χ4v) is 3.82. The summed E-state index contributed by atoms with van der Waals surface area (Å²) in [6, 6.07) is 3.73. The normalized spacial score (nSPS) is 39.3. The molecule has 1 N–H and O–H groups in total. The van der Waals surface area contributed by atoms with Gasteiger partial charge >= 0.3 is 0 Å². The Bertz CT molecular complexity index is 563. The van der Waals surface area contributed by atoms with Gasteiger partial charge in [0.25, 0.3) is 0 Å². The molecule has 5 heteroatoms. The Morgan fingerprint density at radius 3 is 2.81 bits per heavy atom. The van der Waals surface area contributed by atoms with Gasteiger partial charge in [0, 0.05) is 17.5 Å². The number of halogens is 2. The lowest BCUT2D eigenvalue weighted by Gasteiger charge is -2.42. The van der Waals surface area contributed by atoms with Gasteiger partial charge in [0.1, 0.15) is 11.6 Å². The quantitative estimate of drug-likeness (QED) is 0.910. The standard InChI is InChI=1S/C16H19F2NO2/c1-9-13-7-15(10-2-3-10)20-8-16(13,19-21-9)12-5-4-11(17)6-14(12)18/h4-6,9-10,13,15,19H,2-3,7-8H2,1H3/t9-,13-,15+,16+/m0/s1. The van der Waals surface area contributed by atoms with E-state index in [1.165, 1.54) is 25.0 Å². The van der Waals surface area contributed by atoms with E-state index in [0.717, 1.165) is 12.5 Å². The molecule has 4 rings (SSSR count). The molecule has 0 bridgehead atoms. The number of hydrogen-bond acceptors (Lipinski definition) is 3. The first-order chi connectivity index (χ1) is 10.1. The second-order valence-corrected chi connectivity index (χ2v) is 6.55. The van der Waals surface area contributed by atoms with Crippen LogP contribution in [0.25, 0.3) is 0 Å². The third-order valence-corrected chi connectivity index (χ3v) is 5.20. The van der Waals surface area contributed by atoms with Crippen LogP contribution in [0.4, 0.5) is 8.78 Å². The average Bonchev–Trinajstić information content (AvgIpc) is 3.25. The number of rotatable bonds is 2. The van der Waals surface area contributed by atoms with Gasteiger partial charge in [-0.2, -0.15) is 5.48 Å². The van der Waals surface area contributed by atoms with Gasteiger partial charge in [-0.05, 0) is 38.2 Å². The third kappa shape index (κ3) is 2.10. The fraction of sp³-hybridized carbons (Fsp3) is 0.625. The summed E-state index contributed by atoms with van der Waals surface area (Å²) in [5.74, 6) is -0.326. The maximum absolute atomic E-state index is 14.3. The molecule has 2 heterocycles. The van der Waals surface area contributed by atoms with Crippen LogP contribution < -0.4 is 5.48 Å². The minimum atomic E-state index is -0.706. The molecular formula is C16H19F2NO2. The van der Waals surface area contributed by atoms with Crippen molar-refractivity contribution in [3.8, 4) is 0 Å². The van der Waals surface area contributed by atoms with Gasteiger partial charge < -0.3 is 4.74 Å². The van der Waals surface area contributed by atoms with Crippen molar-refractivity contribution < 1.29 is 18.4 Å². The summed E-state index contributed by atoms with van der Waals surface area (Å²) in [5.41, 5.74) is 2.72. The lowest BCUT2D eigenvalue weighted by molar-refractivity contribution is -0.0774. The van der Waals surface area contributed by atoms with Crippen molar-refractivity contribution in [2.75, 3.05) is 6.61 Å². The zero-order valence-corrected chi connectivity index (χ0v) is 11.9. The molecule has 2 aliphatic heterocycles. The first-order valence-electron chi connectivity index (χ1n) is 7.60. The van der Waals surface area contributed by atoms with E-state index in [1.807, 2.05) is 6.92 Å². The van der Waals surface area contributed by atoms with Crippen molar-refractivity contribution in [1.82, 2.24) is 5.48 Å². The van der Waals surface area contributed by atoms with E-state index in [4.69, 9.17) is 9.57 Å². The van der Waals surface area contributed by atoms with E-state index in [-0.39, 0.29) is 18.1 Å². The molecule has 0 unspecified atom stereocenters. The van der Waals surface area contributed by atoms with Crippen LogP contribution in [0.3, 0.4) is 0 Å². The Labute approximate surface area is 122 Å². The van der Waals surface area contributed by atoms with E-state index in [9.17, 15) is 8.78 Å². The van der Waals surface area contributed by atoms with Crippen molar-refractivity contribution in [1.29, 1.82) is 0 Å². The number of nitrogens with one attached hydrogen (secondary N) is 1. The first-order valence-corrected chi connectivity index (χ1v) is 7.60. The highest BCUT2D eigenvalue weighted by Crippen LogP contribution is 2.49. The van der Waals surface area contributed by atoms with Gasteiger partial charge in [-0.25, -0.2) is 8.78 Å². The van der Waals surface area contributed by atoms with Crippen LogP contribution in [-0.4, -0.2) is 18.8 Å². The Kier molecular flexibility index (Phi) is 3.07. The van der Waals surface area contributed by atoms with Crippen LogP contribution in [0.15, 0.2) is 18.2 Å². The Hall–Kier alpha value is -1.04. The van der Waals surface area contributed by atoms with Gasteiger partial charge in [-0.3, -0.25) is 4.84 Å². The minimum Gasteiger partial charge on any atom is -0.376 e. The topological polar surface area (TPSA) is 30.5 Å². The molecule has 2 saturated heterocycles. The van der Waals surface area contributed by atoms with E-state index in [1.54, 1.807) is 0 Å². The van der Waals surface area contributed by atoms with Crippen molar-refractivity contribution in [2.45, 2.75) is 43.9 Å². The van der Waals surface area contributed by atoms with Gasteiger partial charge in [-0.1, -0.05) is 6.07 Å². The van der Waals surface area contributed by atoms with Crippen LogP contribution in [0.2, 0.25) is 0 Å². The van der Waals surface area contributed by atoms with E-state index >= 15 is 0 Å². The van der Waals surface area contributed by atoms with Crippen LogP contribution in [0.5, 0.6) is 0 Å². The number of hydrogen-bond donors (Lipinski definition) is 1. The highest BCUT2D eigenvalue weighted by atomic mass is 19.1. The van der Waals surface area contributed by atoms with E-state index < -0.39 is 17.2 Å². The molecular weight excluding hydrogens is 276 g/mol. The molecule has 0 spiro atoms. The molecule has 21 heavy (non-hydrogen) atoms. The van der Waals surface area contributed by atoms with Gasteiger partial charge in [0.2, 0.25) is 0 Å². The Morgan fingerprint density at radius 1 is 1.29 bits per heavy atom. The summed E-state index contributed by atoms with van der Waals surface area (Å²) in [6.45, 7) is 2.36. The molecule has 1 aliphatic carbocycles. The molecule has 3 nitrogen and oxygen atoms in total. The van der Waals surface area contributed by atoms with Gasteiger partial charge in [0.05, 0.1) is 24.4 Å². The highest BCUT2D eigenvalue weighted by Gasteiger charge is 2.56. The second kappa shape index (κ2) is 4.73. The van der Waals surface area contributed by atoms with Gasteiger partial charge in [0.15, 0.2) is 0 Å².